The molecule has 1 saturated heterocycles. The number of cyclic esters (lactones) is 1. The Morgan fingerprint density at radius 3 is 2.06 bits per heavy atom. The summed E-state index contributed by atoms with van der Waals surface area (Å²) in [6.45, 7) is 14.1. The summed E-state index contributed by atoms with van der Waals surface area (Å²) in [4.78, 5) is 11.3. The molecule has 1 atom stereocenters. The van der Waals surface area contributed by atoms with Gasteiger partial charge in [-0.15, -0.1) is 0 Å². The maximum atomic E-state index is 12.8. The number of carbonyl (C=O) groups is 1. The van der Waals surface area contributed by atoms with Crippen LogP contribution in [0.5, 0.6) is 5.75 Å². The number of aryl methyl sites for hydroxylation is 2. The van der Waals surface area contributed by atoms with E-state index in [1.807, 2.05) is 26.0 Å². The molecule has 35 heavy (non-hydrogen) atoms. The lowest BCUT2D eigenvalue weighted by Gasteiger charge is -2.34. The molecule has 0 unspecified atom stereocenters. The van der Waals surface area contributed by atoms with E-state index in [2.05, 4.69) is 38.1 Å². The second-order valence-electron chi connectivity index (χ2n) is 10.7. The molecule has 5 nitrogen and oxygen atoms in total. The van der Waals surface area contributed by atoms with E-state index in [0.717, 1.165) is 35.3 Å². The highest BCUT2D eigenvalue weighted by Crippen LogP contribution is 2.41. The largest absolute Gasteiger partial charge is 0.489 e. The second kappa shape index (κ2) is 10.3. The van der Waals surface area contributed by atoms with Crippen LogP contribution in [0, 0.1) is 13.8 Å². The Labute approximate surface area is 211 Å². The van der Waals surface area contributed by atoms with Gasteiger partial charge in [-0.05, 0) is 87.8 Å². The van der Waals surface area contributed by atoms with Crippen molar-refractivity contribution in [1.82, 2.24) is 0 Å². The molecule has 0 radical (unpaired) electrons. The van der Waals surface area contributed by atoms with Crippen molar-refractivity contribution < 1.29 is 22.7 Å². The van der Waals surface area contributed by atoms with Gasteiger partial charge in [0, 0.05) is 11.8 Å². The molecule has 1 aliphatic heterocycles. The van der Waals surface area contributed by atoms with Crippen LogP contribution in [0.1, 0.15) is 88.1 Å². The van der Waals surface area contributed by atoms with Crippen LogP contribution in [-0.2, 0) is 30.5 Å². The minimum atomic E-state index is -3.25. The van der Waals surface area contributed by atoms with Crippen LogP contribution in [0.25, 0.3) is 0 Å². The van der Waals surface area contributed by atoms with E-state index < -0.39 is 14.6 Å². The molecule has 1 fully saturated rings. The van der Waals surface area contributed by atoms with Gasteiger partial charge in [0.15, 0.2) is 9.84 Å². The SMILES string of the molecule is CCC(CC)(c1ccc(CS(=O)(=O)C(C)(C)C)c(C)c1)c1ccc(OC[C@@H]2CCC(=O)O2)c(C)c1. The summed E-state index contributed by atoms with van der Waals surface area (Å²) in [6.07, 6.45) is 2.83. The maximum absolute atomic E-state index is 12.8. The van der Waals surface area contributed by atoms with Crippen LogP contribution in [0.2, 0.25) is 0 Å². The fraction of sp³-hybridized carbons (Fsp3) is 0.552. The van der Waals surface area contributed by atoms with E-state index in [-0.39, 0.29) is 23.2 Å². The Morgan fingerprint density at radius 1 is 0.971 bits per heavy atom. The number of carbonyl (C=O) groups excluding carboxylic acids is 1. The molecular formula is C29H40O5S. The molecule has 0 aliphatic carbocycles. The monoisotopic (exact) mass is 500 g/mol. The lowest BCUT2D eigenvalue weighted by atomic mass is 9.70. The fourth-order valence-corrected chi connectivity index (χ4v) is 5.97. The van der Waals surface area contributed by atoms with E-state index in [4.69, 9.17) is 9.47 Å². The molecule has 3 rings (SSSR count). The lowest BCUT2D eigenvalue weighted by Crippen LogP contribution is -2.30. The number of ether oxygens (including phenoxy) is 2. The Bertz CT molecular complexity index is 1170. The number of esters is 1. The molecule has 6 heteroatoms. The standard InChI is InChI=1S/C29H40O5S/c1-8-29(9-2,23-11-10-22(20(3)16-23)19-35(31,32)28(5,6)7)24-12-14-26(21(4)17-24)33-18-25-13-15-27(30)34-25/h10-12,14,16-17,25H,8-9,13,15,18-19H2,1-7H3/t25-/m0/s1. The van der Waals surface area contributed by atoms with Crippen molar-refractivity contribution in [1.29, 1.82) is 0 Å². The Morgan fingerprint density at radius 2 is 1.57 bits per heavy atom. The van der Waals surface area contributed by atoms with Gasteiger partial charge in [-0.3, -0.25) is 4.79 Å². The van der Waals surface area contributed by atoms with Crippen molar-refractivity contribution in [2.75, 3.05) is 6.61 Å². The van der Waals surface area contributed by atoms with Gasteiger partial charge < -0.3 is 9.47 Å². The third kappa shape index (κ3) is 5.74. The smallest absolute Gasteiger partial charge is 0.306 e. The van der Waals surface area contributed by atoms with Gasteiger partial charge in [-0.2, -0.15) is 0 Å². The van der Waals surface area contributed by atoms with Crippen LogP contribution in [0.3, 0.4) is 0 Å². The van der Waals surface area contributed by atoms with Crippen molar-refractivity contribution in [3.8, 4) is 5.75 Å². The first-order valence-corrected chi connectivity index (χ1v) is 14.2. The van der Waals surface area contributed by atoms with Gasteiger partial charge in [0.2, 0.25) is 0 Å². The predicted molar refractivity (Wildman–Crippen MR) is 141 cm³/mol. The van der Waals surface area contributed by atoms with E-state index in [0.29, 0.717) is 19.4 Å². The zero-order valence-corrected chi connectivity index (χ0v) is 23.1. The van der Waals surface area contributed by atoms with Crippen LogP contribution in [0.15, 0.2) is 36.4 Å². The first-order valence-electron chi connectivity index (χ1n) is 12.6. The van der Waals surface area contributed by atoms with Gasteiger partial charge in [0.25, 0.3) is 0 Å². The number of rotatable bonds is 9. The number of sulfone groups is 1. The summed E-state index contributed by atoms with van der Waals surface area (Å²) in [5, 5.41) is 0. The molecule has 1 heterocycles. The molecule has 0 aromatic heterocycles. The summed E-state index contributed by atoms with van der Waals surface area (Å²) in [7, 11) is -3.25. The summed E-state index contributed by atoms with van der Waals surface area (Å²) in [6, 6.07) is 12.6. The molecule has 2 aromatic rings. The zero-order valence-electron chi connectivity index (χ0n) is 22.2. The molecule has 1 aliphatic rings. The van der Waals surface area contributed by atoms with Crippen LogP contribution < -0.4 is 4.74 Å². The Balaban J connectivity index is 1.88. The quantitative estimate of drug-likeness (QED) is 0.383. The molecule has 0 bridgehead atoms. The van der Waals surface area contributed by atoms with Crippen LogP contribution in [-0.4, -0.2) is 31.8 Å². The Hall–Kier alpha value is -2.34. The van der Waals surface area contributed by atoms with E-state index in [1.165, 1.54) is 11.1 Å². The van der Waals surface area contributed by atoms with Crippen molar-refractivity contribution in [2.45, 2.75) is 96.2 Å². The minimum absolute atomic E-state index is 0.0509. The minimum Gasteiger partial charge on any atom is -0.489 e. The van der Waals surface area contributed by atoms with E-state index in [1.54, 1.807) is 20.8 Å². The van der Waals surface area contributed by atoms with Gasteiger partial charge >= 0.3 is 5.97 Å². The third-order valence-corrected chi connectivity index (χ3v) is 10.1. The van der Waals surface area contributed by atoms with Gasteiger partial charge in [0.05, 0.1) is 10.5 Å². The highest BCUT2D eigenvalue weighted by molar-refractivity contribution is 7.91. The molecule has 0 spiro atoms. The second-order valence-corrected chi connectivity index (χ2v) is 13.5. The van der Waals surface area contributed by atoms with Gasteiger partial charge in [0.1, 0.15) is 18.5 Å². The molecule has 0 amide bonds. The summed E-state index contributed by atoms with van der Waals surface area (Å²) < 4.78 is 36.0. The molecule has 192 valence electrons. The zero-order chi connectivity index (χ0) is 26.0. The topological polar surface area (TPSA) is 69.7 Å². The van der Waals surface area contributed by atoms with Crippen LogP contribution in [0.4, 0.5) is 0 Å². The first-order chi connectivity index (χ1) is 16.3. The van der Waals surface area contributed by atoms with E-state index in [9.17, 15) is 13.2 Å². The number of hydrogen-bond acceptors (Lipinski definition) is 5. The van der Waals surface area contributed by atoms with Crippen molar-refractivity contribution in [3.05, 3.63) is 64.2 Å². The lowest BCUT2D eigenvalue weighted by molar-refractivity contribution is -0.142. The van der Waals surface area contributed by atoms with Gasteiger partial charge in [-0.25, -0.2) is 8.42 Å². The molecular weight excluding hydrogens is 460 g/mol. The average Bonchev–Trinajstić information content (AvgIpc) is 3.20. The van der Waals surface area contributed by atoms with Crippen molar-refractivity contribution in [2.24, 2.45) is 0 Å². The number of hydrogen-bond donors (Lipinski definition) is 0. The summed E-state index contributed by atoms with van der Waals surface area (Å²) in [5.41, 5.74) is 5.14. The highest BCUT2D eigenvalue weighted by atomic mass is 32.2. The maximum Gasteiger partial charge on any atom is 0.306 e. The summed E-state index contributed by atoms with van der Waals surface area (Å²) >= 11 is 0. The van der Waals surface area contributed by atoms with Crippen molar-refractivity contribution >= 4 is 15.8 Å². The van der Waals surface area contributed by atoms with Gasteiger partial charge in [-0.1, -0.05) is 44.2 Å². The van der Waals surface area contributed by atoms with Crippen molar-refractivity contribution in [3.63, 3.8) is 0 Å². The fourth-order valence-electron chi connectivity index (χ4n) is 4.80. The Kier molecular flexibility index (Phi) is 8.05. The molecule has 2 aromatic carbocycles. The molecule has 0 saturated carbocycles. The first kappa shape index (κ1) is 27.3. The summed E-state index contributed by atoms with van der Waals surface area (Å²) in [5.74, 6) is 0.699. The normalized spacial score (nSPS) is 16.9. The number of benzene rings is 2. The average molecular weight is 501 g/mol. The molecule has 0 N–H and O–H groups in total. The third-order valence-electron chi connectivity index (χ3n) is 7.50. The van der Waals surface area contributed by atoms with Crippen LogP contribution >= 0.6 is 0 Å². The van der Waals surface area contributed by atoms with E-state index >= 15 is 0 Å². The highest BCUT2D eigenvalue weighted by Gasteiger charge is 2.33. The predicted octanol–water partition coefficient (Wildman–Crippen LogP) is 6.21.